The van der Waals surface area contributed by atoms with Crippen LogP contribution in [-0.4, -0.2) is 40.5 Å². The molecule has 0 radical (unpaired) electrons. The predicted octanol–water partition coefficient (Wildman–Crippen LogP) is 1.66. The van der Waals surface area contributed by atoms with Crippen molar-refractivity contribution in [2.45, 2.75) is 45.2 Å². The molecule has 0 aliphatic carbocycles. The fourth-order valence-corrected chi connectivity index (χ4v) is 2.12. The molecule has 5 heteroatoms. The lowest BCUT2D eigenvalue weighted by atomic mass is 10.0. The molecule has 0 aromatic heterocycles. The Bertz CT molecular complexity index is 462. The maximum Gasteiger partial charge on any atom is 0.323 e. The average Bonchev–Trinajstić information content (AvgIpc) is 2.49. The Balaban J connectivity index is 2.62. The number of aryl methyl sites for hydroxylation is 1. The van der Waals surface area contributed by atoms with Gasteiger partial charge in [-0.2, -0.15) is 0 Å². The Morgan fingerprint density at radius 1 is 1.29 bits per heavy atom. The number of carboxylic acids is 1. The number of nitrogens with zero attached hydrogens (tertiary/aromatic N) is 1. The molecule has 0 saturated heterocycles. The van der Waals surface area contributed by atoms with E-state index in [1.165, 1.54) is 4.90 Å². The van der Waals surface area contributed by atoms with Gasteiger partial charge in [-0.05, 0) is 31.7 Å². The van der Waals surface area contributed by atoms with Crippen molar-refractivity contribution in [3.63, 3.8) is 0 Å². The van der Waals surface area contributed by atoms with Crippen LogP contribution in [0.1, 0.15) is 32.3 Å². The molecule has 1 rings (SSSR count). The predicted molar refractivity (Wildman–Crippen MR) is 81.8 cm³/mol. The maximum atomic E-state index is 12.3. The summed E-state index contributed by atoms with van der Waals surface area (Å²) in [6.45, 7) is 3.46. The average molecular weight is 292 g/mol. The van der Waals surface area contributed by atoms with Crippen LogP contribution in [0.25, 0.3) is 0 Å². The second-order valence-electron chi connectivity index (χ2n) is 5.25. The van der Waals surface area contributed by atoms with E-state index in [0.717, 1.165) is 5.56 Å². The molecule has 2 atom stereocenters. The van der Waals surface area contributed by atoms with Gasteiger partial charge in [0.15, 0.2) is 0 Å². The fraction of sp³-hybridized carbons (Fsp3) is 0.500. The molecule has 1 aromatic rings. The zero-order valence-corrected chi connectivity index (χ0v) is 12.7. The van der Waals surface area contributed by atoms with Gasteiger partial charge in [0, 0.05) is 6.04 Å². The number of nitrogens with two attached hydrogens (primary N) is 1. The molecule has 21 heavy (non-hydrogen) atoms. The SMILES string of the molecule is CCC(C)N(CC(=O)O)C(=O)[C@@H](N)CCc1ccccc1. The van der Waals surface area contributed by atoms with Gasteiger partial charge in [-0.1, -0.05) is 37.3 Å². The third-order valence-electron chi connectivity index (χ3n) is 3.62. The number of carbonyl (C=O) groups excluding carboxylic acids is 1. The van der Waals surface area contributed by atoms with E-state index in [1.807, 2.05) is 44.2 Å². The van der Waals surface area contributed by atoms with Gasteiger partial charge in [0.1, 0.15) is 6.54 Å². The number of aliphatic carboxylic acids is 1. The lowest BCUT2D eigenvalue weighted by Crippen LogP contribution is -2.49. The van der Waals surface area contributed by atoms with E-state index in [0.29, 0.717) is 19.3 Å². The minimum Gasteiger partial charge on any atom is -0.480 e. The highest BCUT2D eigenvalue weighted by molar-refractivity contribution is 5.85. The lowest BCUT2D eigenvalue weighted by Gasteiger charge is -2.29. The standard InChI is InChI=1S/C16H24N2O3/c1-3-12(2)18(11-15(19)20)16(21)14(17)10-9-13-7-5-4-6-8-13/h4-8,12,14H,3,9-11,17H2,1-2H3,(H,19,20)/t12?,14-/m0/s1. The molecule has 0 heterocycles. The number of hydrogen-bond donors (Lipinski definition) is 2. The molecule has 0 spiro atoms. The second-order valence-corrected chi connectivity index (χ2v) is 5.25. The first kappa shape index (κ1) is 17.2. The Labute approximate surface area is 125 Å². The lowest BCUT2D eigenvalue weighted by molar-refractivity contribution is -0.146. The summed E-state index contributed by atoms with van der Waals surface area (Å²) in [5, 5.41) is 8.93. The minimum atomic E-state index is -1.01. The number of rotatable bonds is 8. The molecule has 0 aliphatic rings. The van der Waals surface area contributed by atoms with E-state index in [9.17, 15) is 9.59 Å². The Kier molecular flexibility index (Phi) is 6.88. The Morgan fingerprint density at radius 3 is 2.43 bits per heavy atom. The first-order valence-corrected chi connectivity index (χ1v) is 7.27. The smallest absolute Gasteiger partial charge is 0.323 e. The van der Waals surface area contributed by atoms with Gasteiger partial charge < -0.3 is 15.7 Å². The van der Waals surface area contributed by atoms with E-state index in [-0.39, 0.29) is 18.5 Å². The van der Waals surface area contributed by atoms with Crippen LogP contribution >= 0.6 is 0 Å². The largest absolute Gasteiger partial charge is 0.480 e. The molecular weight excluding hydrogens is 268 g/mol. The first-order valence-electron chi connectivity index (χ1n) is 7.27. The summed E-state index contributed by atoms with van der Waals surface area (Å²) in [4.78, 5) is 24.6. The van der Waals surface area contributed by atoms with E-state index in [2.05, 4.69) is 0 Å². The Morgan fingerprint density at radius 2 is 1.90 bits per heavy atom. The van der Waals surface area contributed by atoms with E-state index >= 15 is 0 Å². The molecule has 1 unspecified atom stereocenters. The van der Waals surface area contributed by atoms with Crippen molar-refractivity contribution < 1.29 is 14.7 Å². The number of benzene rings is 1. The molecule has 5 nitrogen and oxygen atoms in total. The van der Waals surface area contributed by atoms with Crippen molar-refractivity contribution in [3.8, 4) is 0 Å². The quantitative estimate of drug-likeness (QED) is 0.763. The topological polar surface area (TPSA) is 83.6 Å². The molecule has 3 N–H and O–H groups in total. The van der Waals surface area contributed by atoms with Gasteiger partial charge in [-0.3, -0.25) is 9.59 Å². The van der Waals surface area contributed by atoms with Crippen LogP contribution in [0.5, 0.6) is 0 Å². The summed E-state index contributed by atoms with van der Waals surface area (Å²) >= 11 is 0. The highest BCUT2D eigenvalue weighted by Gasteiger charge is 2.26. The van der Waals surface area contributed by atoms with Crippen LogP contribution in [-0.2, 0) is 16.0 Å². The number of hydrogen-bond acceptors (Lipinski definition) is 3. The number of carbonyl (C=O) groups is 2. The fourth-order valence-electron chi connectivity index (χ4n) is 2.12. The molecule has 0 fully saturated rings. The van der Waals surface area contributed by atoms with Gasteiger partial charge in [-0.15, -0.1) is 0 Å². The molecule has 0 aliphatic heterocycles. The molecule has 1 amide bonds. The van der Waals surface area contributed by atoms with Crippen molar-refractivity contribution in [2.24, 2.45) is 5.73 Å². The Hall–Kier alpha value is -1.88. The van der Waals surface area contributed by atoms with Crippen molar-refractivity contribution in [1.82, 2.24) is 4.90 Å². The molecule has 1 aromatic carbocycles. The van der Waals surface area contributed by atoms with Crippen molar-refractivity contribution in [2.75, 3.05) is 6.54 Å². The third kappa shape index (κ3) is 5.55. The normalized spacial score (nSPS) is 13.5. The van der Waals surface area contributed by atoms with Gasteiger partial charge in [0.05, 0.1) is 6.04 Å². The zero-order valence-electron chi connectivity index (χ0n) is 12.7. The van der Waals surface area contributed by atoms with Crippen LogP contribution in [0, 0.1) is 0 Å². The molecule has 0 saturated carbocycles. The zero-order chi connectivity index (χ0) is 15.8. The van der Waals surface area contributed by atoms with Crippen molar-refractivity contribution in [1.29, 1.82) is 0 Å². The highest BCUT2D eigenvalue weighted by atomic mass is 16.4. The van der Waals surface area contributed by atoms with Gasteiger partial charge in [0.2, 0.25) is 5.91 Å². The number of amides is 1. The molecule has 116 valence electrons. The van der Waals surface area contributed by atoms with Crippen LogP contribution in [0.2, 0.25) is 0 Å². The summed E-state index contributed by atoms with van der Waals surface area (Å²) in [7, 11) is 0. The maximum absolute atomic E-state index is 12.3. The second kappa shape index (κ2) is 8.42. The minimum absolute atomic E-state index is 0.128. The first-order chi connectivity index (χ1) is 9.95. The van der Waals surface area contributed by atoms with Crippen LogP contribution < -0.4 is 5.73 Å². The van der Waals surface area contributed by atoms with Gasteiger partial charge in [-0.25, -0.2) is 0 Å². The van der Waals surface area contributed by atoms with Crippen LogP contribution in [0.3, 0.4) is 0 Å². The van der Waals surface area contributed by atoms with Crippen LogP contribution in [0.4, 0.5) is 0 Å². The van der Waals surface area contributed by atoms with Crippen molar-refractivity contribution in [3.05, 3.63) is 35.9 Å². The van der Waals surface area contributed by atoms with Crippen LogP contribution in [0.15, 0.2) is 30.3 Å². The highest BCUT2D eigenvalue weighted by Crippen LogP contribution is 2.10. The summed E-state index contributed by atoms with van der Waals surface area (Å²) in [5.74, 6) is -1.30. The van der Waals surface area contributed by atoms with E-state index in [4.69, 9.17) is 10.8 Å². The van der Waals surface area contributed by atoms with E-state index in [1.54, 1.807) is 0 Å². The molecule has 0 bridgehead atoms. The number of carboxylic acid groups (broad SMARTS) is 1. The third-order valence-corrected chi connectivity index (χ3v) is 3.62. The summed E-state index contributed by atoms with van der Waals surface area (Å²) in [6, 6.07) is 9.00. The molecular formula is C16H24N2O3. The van der Waals surface area contributed by atoms with E-state index < -0.39 is 12.0 Å². The summed E-state index contributed by atoms with van der Waals surface area (Å²) in [5.41, 5.74) is 7.07. The summed E-state index contributed by atoms with van der Waals surface area (Å²) < 4.78 is 0. The monoisotopic (exact) mass is 292 g/mol. The van der Waals surface area contributed by atoms with Crippen molar-refractivity contribution >= 4 is 11.9 Å². The van der Waals surface area contributed by atoms with Gasteiger partial charge in [0.25, 0.3) is 0 Å². The van der Waals surface area contributed by atoms with Gasteiger partial charge >= 0.3 is 5.97 Å². The summed E-state index contributed by atoms with van der Waals surface area (Å²) in [6.07, 6.45) is 1.91.